The summed E-state index contributed by atoms with van der Waals surface area (Å²) in [7, 11) is 0. The minimum absolute atomic E-state index is 0.194. The molecule has 1 saturated heterocycles. The molecule has 3 aromatic rings. The number of benzene rings is 2. The van der Waals surface area contributed by atoms with E-state index in [0.29, 0.717) is 28.4 Å². The van der Waals surface area contributed by atoms with E-state index in [1.165, 1.54) is 0 Å². The summed E-state index contributed by atoms with van der Waals surface area (Å²) >= 11 is 0. The minimum Gasteiger partial charge on any atom is -0.423 e. The molecule has 1 aliphatic rings. The minimum atomic E-state index is -0.443. The number of nitrogens with one attached hydrogen (secondary N) is 1. The van der Waals surface area contributed by atoms with Gasteiger partial charge in [-0.15, -0.1) is 0 Å². The standard InChI is InChI=1S/C23H21N3O3/c27-22(17-7-2-1-3-8-17)25-18-10-12-19(13-11-18)29-23(28)20-9-6-14-24-21(20)26-15-4-5-16-26/h1-3,6-14H,4-5,15-16H2,(H,25,27). The number of carbonyl (C=O) groups is 2. The van der Waals surface area contributed by atoms with Crippen molar-refractivity contribution < 1.29 is 14.3 Å². The molecule has 1 aromatic heterocycles. The molecule has 0 atom stereocenters. The Labute approximate surface area is 169 Å². The lowest BCUT2D eigenvalue weighted by atomic mass is 10.2. The quantitative estimate of drug-likeness (QED) is 0.526. The predicted octanol–water partition coefficient (Wildman–Crippen LogP) is 4.15. The predicted molar refractivity (Wildman–Crippen MR) is 111 cm³/mol. The molecular formula is C23H21N3O3. The molecule has 29 heavy (non-hydrogen) atoms. The Kier molecular flexibility index (Phi) is 5.52. The van der Waals surface area contributed by atoms with Crippen LogP contribution in [0.4, 0.5) is 11.5 Å². The van der Waals surface area contributed by atoms with Gasteiger partial charge in [0.25, 0.3) is 5.91 Å². The number of pyridine rings is 1. The molecule has 0 radical (unpaired) electrons. The highest BCUT2D eigenvalue weighted by Crippen LogP contribution is 2.24. The van der Waals surface area contributed by atoms with Gasteiger partial charge in [0.1, 0.15) is 17.1 Å². The van der Waals surface area contributed by atoms with Crippen LogP contribution in [0, 0.1) is 0 Å². The molecule has 2 heterocycles. The van der Waals surface area contributed by atoms with Crippen LogP contribution in [0.1, 0.15) is 33.6 Å². The van der Waals surface area contributed by atoms with Gasteiger partial charge < -0.3 is 15.0 Å². The van der Waals surface area contributed by atoms with Crippen molar-refractivity contribution in [2.45, 2.75) is 12.8 Å². The number of rotatable bonds is 5. The molecule has 1 fully saturated rings. The topological polar surface area (TPSA) is 71.5 Å². The second-order valence-corrected chi connectivity index (χ2v) is 6.80. The smallest absolute Gasteiger partial charge is 0.347 e. The van der Waals surface area contributed by atoms with Gasteiger partial charge in [-0.2, -0.15) is 0 Å². The zero-order valence-corrected chi connectivity index (χ0v) is 15.9. The number of nitrogens with zero attached hydrogens (tertiary/aromatic N) is 2. The van der Waals surface area contributed by atoms with Crippen molar-refractivity contribution in [2.75, 3.05) is 23.3 Å². The fourth-order valence-electron chi connectivity index (χ4n) is 3.30. The molecule has 0 aliphatic carbocycles. The summed E-state index contributed by atoms with van der Waals surface area (Å²) in [4.78, 5) is 31.4. The van der Waals surface area contributed by atoms with Gasteiger partial charge in [-0.1, -0.05) is 18.2 Å². The van der Waals surface area contributed by atoms with Crippen LogP contribution in [-0.4, -0.2) is 29.9 Å². The molecule has 0 bridgehead atoms. The lowest BCUT2D eigenvalue weighted by molar-refractivity contribution is 0.0734. The summed E-state index contributed by atoms with van der Waals surface area (Å²) in [6.45, 7) is 1.79. The number of esters is 1. The molecule has 146 valence electrons. The first-order valence-electron chi connectivity index (χ1n) is 9.59. The van der Waals surface area contributed by atoms with E-state index in [1.807, 2.05) is 18.2 Å². The number of aromatic nitrogens is 1. The van der Waals surface area contributed by atoms with Crippen LogP contribution in [0.5, 0.6) is 5.75 Å². The Hall–Kier alpha value is -3.67. The highest BCUT2D eigenvalue weighted by molar-refractivity contribution is 6.04. The zero-order valence-electron chi connectivity index (χ0n) is 15.9. The summed E-state index contributed by atoms with van der Waals surface area (Å²) in [5.41, 5.74) is 1.66. The van der Waals surface area contributed by atoms with E-state index in [9.17, 15) is 9.59 Å². The highest BCUT2D eigenvalue weighted by Gasteiger charge is 2.21. The molecule has 1 N–H and O–H groups in total. The molecule has 1 amide bonds. The summed E-state index contributed by atoms with van der Waals surface area (Å²) in [6, 6.07) is 19.2. The number of hydrogen-bond acceptors (Lipinski definition) is 5. The van der Waals surface area contributed by atoms with Crippen LogP contribution in [0.3, 0.4) is 0 Å². The summed E-state index contributed by atoms with van der Waals surface area (Å²) in [5, 5.41) is 2.82. The summed E-state index contributed by atoms with van der Waals surface area (Å²) in [5.74, 6) is 0.438. The van der Waals surface area contributed by atoms with E-state index in [4.69, 9.17) is 4.74 Å². The Morgan fingerprint density at radius 2 is 1.62 bits per heavy atom. The molecule has 6 heteroatoms. The first-order chi connectivity index (χ1) is 14.2. The maximum Gasteiger partial charge on any atom is 0.347 e. The van der Waals surface area contributed by atoms with E-state index in [1.54, 1.807) is 54.7 Å². The second kappa shape index (κ2) is 8.56. The van der Waals surface area contributed by atoms with Gasteiger partial charge in [0.05, 0.1) is 0 Å². The number of amides is 1. The average molecular weight is 387 g/mol. The van der Waals surface area contributed by atoms with E-state index in [2.05, 4.69) is 15.2 Å². The maximum atomic E-state index is 12.7. The molecule has 2 aromatic carbocycles. The number of ether oxygens (including phenoxy) is 1. The Balaban J connectivity index is 1.43. The normalized spacial score (nSPS) is 13.2. The SMILES string of the molecule is O=C(Nc1ccc(OC(=O)c2cccnc2N2CCCC2)cc1)c1ccccc1. The highest BCUT2D eigenvalue weighted by atomic mass is 16.5. The van der Waals surface area contributed by atoms with Gasteiger partial charge in [0, 0.05) is 30.5 Å². The van der Waals surface area contributed by atoms with E-state index >= 15 is 0 Å². The zero-order chi connectivity index (χ0) is 20.1. The summed E-state index contributed by atoms with van der Waals surface area (Å²) < 4.78 is 5.53. The average Bonchev–Trinajstić information content (AvgIpc) is 3.30. The fourth-order valence-corrected chi connectivity index (χ4v) is 3.30. The molecular weight excluding hydrogens is 366 g/mol. The van der Waals surface area contributed by atoms with Gasteiger partial charge in [-0.25, -0.2) is 9.78 Å². The number of carbonyl (C=O) groups excluding carboxylic acids is 2. The lowest BCUT2D eigenvalue weighted by Crippen LogP contribution is -2.23. The van der Waals surface area contributed by atoms with Gasteiger partial charge >= 0.3 is 5.97 Å². The maximum absolute atomic E-state index is 12.7. The van der Waals surface area contributed by atoms with Crippen molar-refractivity contribution in [3.8, 4) is 5.75 Å². The van der Waals surface area contributed by atoms with Crippen LogP contribution in [-0.2, 0) is 0 Å². The van der Waals surface area contributed by atoms with E-state index < -0.39 is 5.97 Å². The monoisotopic (exact) mass is 387 g/mol. The largest absolute Gasteiger partial charge is 0.423 e. The van der Waals surface area contributed by atoms with Crippen LogP contribution >= 0.6 is 0 Å². The van der Waals surface area contributed by atoms with Crippen molar-refractivity contribution in [1.82, 2.24) is 4.98 Å². The van der Waals surface area contributed by atoms with Gasteiger partial charge in [0.15, 0.2) is 0 Å². The van der Waals surface area contributed by atoms with Crippen LogP contribution in [0.15, 0.2) is 72.9 Å². The van der Waals surface area contributed by atoms with Crippen LogP contribution in [0.2, 0.25) is 0 Å². The van der Waals surface area contributed by atoms with Crippen molar-refractivity contribution in [3.63, 3.8) is 0 Å². The first-order valence-corrected chi connectivity index (χ1v) is 9.59. The number of anilines is 2. The molecule has 0 unspecified atom stereocenters. The van der Waals surface area contributed by atoms with Gasteiger partial charge in [-0.05, 0) is 61.4 Å². The first kappa shape index (κ1) is 18.7. The van der Waals surface area contributed by atoms with Crippen molar-refractivity contribution in [1.29, 1.82) is 0 Å². The lowest BCUT2D eigenvalue weighted by Gasteiger charge is -2.18. The van der Waals surface area contributed by atoms with Gasteiger partial charge in [0.2, 0.25) is 0 Å². The Morgan fingerprint density at radius 1 is 0.897 bits per heavy atom. The fraction of sp³-hybridized carbons (Fsp3) is 0.174. The molecule has 1 aliphatic heterocycles. The third kappa shape index (κ3) is 4.43. The van der Waals surface area contributed by atoms with E-state index in [0.717, 1.165) is 25.9 Å². The van der Waals surface area contributed by atoms with Crippen molar-refractivity contribution in [2.24, 2.45) is 0 Å². The summed E-state index contributed by atoms with van der Waals surface area (Å²) in [6.07, 6.45) is 3.89. The third-order valence-corrected chi connectivity index (χ3v) is 4.77. The van der Waals surface area contributed by atoms with Crippen molar-refractivity contribution in [3.05, 3.63) is 84.1 Å². The van der Waals surface area contributed by atoms with Crippen LogP contribution in [0.25, 0.3) is 0 Å². The second-order valence-electron chi connectivity index (χ2n) is 6.80. The molecule has 6 nitrogen and oxygen atoms in total. The number of hydrogen-bond donors (Lipinski definition) is 1. The van der Waals surface area contributed by atoms with E-state index in [-0.39, 0.29) is 5.91 Å². The molecule has 0 spiro atoms. The van der Waals surface area contributed by atoms with Crippen LogP contribution < -0.4 is 15.0 Å². The Morgan fingerprint density at radius 3 is 2.34 bits per heavy atom. The van der Waals surface area contributed by atoms with Gasteiger partial charge in [-0.3, -0.25) is 4.79 Å². The third-order valence-electron chi connectivity index (χ3n) is 4.77. The molecule has 0 saturated carbocycles. The Bertz CT molecular complexity index is 997. The molecule has 4 rings (SSSR count). The van der Waals surface area contributed by atoms with Crippen molar-refractivity contribution >= 4 is 23.4 Å².